The molecule has 33 heavy (non-hydrogen) atoms. The number of anilines is 1. The number of fused-ring (bicyclic) bond motifs is 1. The number of aromatic nitrogens is 3. The minimum absolute atomic E-state index is 0.0560. The number of thioether (sulfide) groups is 1. The summed E-state index contributed by atoms with van der Waals surface area (Å²) in [6.45, 7) is 2.49. The largest absolute Gasteiger partial charge is 0.495 e. The van der Waals surface area contributed by atoms with E-state index < -0.39 is 0 Å². The molecule has 0 aliphatic carbocycles. The zero-order chi connectivity index (χ0) is 23.4. The summed E-state index contributed by atoms with van der Waals surface area (Å²) in [6.07, 6.45) is 0. The monoisotopic (exact) mass is 500 g/mol. The standard InChI is InChI=1S/C22H20N4O4S3/c1-3-30-14-10-8-13(9-11-14)26-19-18(33-22(26)31)20(28)25-21(24-19)32-12-17(27)23-15-6-4-5-7-16(15)29-2/h4-11H,3,12H2,1-2H3,(H,23,27)(H,24,25,28). The maximum atomic E-state index is 12.7. The molecule has 0 unspecified atom stereocenters. The Labute approximate surface area is 202 Å². The molecule has 2 heterocycles. The molecule has 0 radical (unpaired) electrons. The second kappa shape index (κ2) is 10.2. The van der Waals surface area contributed by atoms with Crippen LogP contribution in [-0.4, -0.2) is 39.9 Å². The van der Waals surface area contributed by atoms with Gasteiger partial charge in [0.15, 0.2) is 14.8 Å². The number of thiazole rings is 1. The third kappa shape index (κ3) is 5.10. The van der Waals surface area contributed by atoms with Gasteiger partial charge in [0.2, 0.25) is 5.91 Å². The van der Waals surface area contributed by atoms with Crippen LogP contribution < -0.4 is 20.3 Å². The maximum absolute atomic E-state index is 12.7. The van der Waals surface area contributed by atoms with Crippen molar-refractivity contribution in [3.8, 4) is 17.2 Å². The van der Waals surface area contributed by atoms with E-state index in [0.717, 1.165) is 23.2 Å². The van der Waals surface area contributed by atoms with Crippen LogP contribution in [0.5, 0.6) is 11.5 Å². The fourth-order valence-corrected chi connectivity index (χ4v) is 5.04. The minimum Gasteiger partial charge on any atom is -0.495 e. The van der Waals surface area contributed by atoms with Crippen LogP contribution >= 0.6 is 35.3 Å². The van der Waals surface area contributed by atoms with Crippen LogP contribution in [0.1, 0.15) is 6.92 Å². The lowest BCUT2D eigenvalue weighted by Crippen LogP contribution is -2.16. The number of para-hydroxylation sites is 2. The van der Waals surface area contributed by atoms with Crippen molar-refractivity contribution >= 4 is 57.3 Å². The molecule has 170 valence electrons. The van der Waals surface area contributed by atoms with Gasteiger partial charge in [0.1, 0.15) is 16.2 Å². The van der Waals surface area contributed by atoms with Gasteiger partial charge in [-0.25, -0.2) is 4.98 Å². The highest BCUT2D eigenvalue weighted by atomic mass is 32.2. The van der Waals surface area contributed by atoms with Gasteiger partial charge in [-0.05, 0) is 55.5 Å². The zero-order valence-corrected chi connectivity index (χ0v) is 20.2. The fourth-order valence-electron chi connectivity index (χ4n) is 3.12. The molecule has 0 saturated carbocycles. The number of H-pyrrole nitrogens is 1. The normalized spacial score (nSPS) is 10.8. The van der Waals surface area contributed by atoms with E-state index in [1.54, 1.807) is 22.8 Å². The second-order valence-electron chi connectivity index (χ2n) is 6.69. The van der Waals surface area contributed by atoms with Crippen LogP contribution in [0, 0.1) is 3.95 Å². The molecule has 4 rings (SSSR count). The Morgan fingerprint density at radius 2 is 2.00 bits per heavy atom. The average molecular weight is 501 g/mol. The van der Waals surface area contributed by atoms with Crippen molar-refractivity contribution in [1.82, 2.24) is 14.5 Å². The topological polar surface area (TPSA) is 98.2 Å². The molecular weight excluding hydrogens is 480 g/mol. The quantitative estimate of drug-likeness (QED) is 0.207. The number of carbonyl (C=O) groups is 1. The first-order chi connectivity index (χ1) is 16.0. The van der Waals surface area contributed by atoms with Crippen LogP contribution in [0.25, 0.3) is 16.0 Å². The van der Waals surface area contributed by atoms with E-state index in [1.165, 1.54) is 18.4 Å². The number of hydrogen-bond donors (Lipinski definition) is 2. The average Bonchev–Trinajstić information content (AvgIpc) is 3.15. The van der Waals surface area contributed by atoms with Gasteiger partial charge in [-0.3, -0.25) is 14.2 Å². The first kappa shape index (κ1) is 23.0. The molecule has 2 aromatic heterocycles. The van der Waals surface area contributed by atoms with Crippen LogP contribution in [0.4, 0.5) is 5.69 Å². The van der Waals surface area contributed by atoms with E-state index in [1.807, 2.05) is 37.3 Å². The Kier molecular flexibility index (Phi) is 7.11. The molecule has 2 N–H and O–H groups in total. The molecule has 11 heteroatoms. The summed E-state index contributed by atoms with van der Waals surface area (Å²) in [7, 11) is 1.54. The number of carbonyl (C=O) groups excluding carboxylic acids is 1. The first-order valence-electron chi connectivity index (χ1n) is 9.95. The molecule has 0 aliphatic rings. The molecule has 2 aromatic carbocycles. The zero-order valence-electron chi connectivity index (χ0n) is 17.8. The van der Waals surface area contributed by atoms with Crippen molar-refractivity contribution < 1.29 is 14.3 Å². The lowest BCUT2D eigenvalue weighted by molar-refractivity contribution is -0.113. The van der Waals surface area contributed by atoms with Crippen molar-refractivity contribution in [3.05, 3.63) is 62.8 Å². The number of ether oxygens (including phenoxy) is 2. The minimum atomic E-state index is -0.298. The van der Waals surface area contributed by atoms with Crippen molar-refractivity contribution in [3.63, 3.8) is 0 Å². The summed E-state index contributed by atoms with van der Waals surface area (Å²) in [6, 6.07) is 14.6. The molecule has 4 aromatic rings. The lowest BCUT2D eigenvalue weighted by atomic mass is 10.3. The molecule has 0 spiro atoms. The van der Waals surface area contributed by atoms with Gasteiger partial charge in [0.25, 0.3) is 5.56 Å². The lowest BCUT2D eigenvalue weighted by Gasteiger charge is -2.09. The molecule has 8 nitrogen and oxygen atoms in total. The molecular formula is C22H20N4O4S3. The van der Waals surface area contributed by atoms with E-state index in [0.29, 0.717) is 37.5 Å². The predicted octanol–water partition coefficient (Wildman–Crippen LogP) is 4.64. The Hall–Kier alpha value is -3.15. The number of amides is 1. The third-order valence-corrected chi connectivity index (χ3v) is 6.78. The molecule has 0 saturated heterocycles. The summed E-state index contributed by atoms with van der Waals surface area (Å²) < 4.78 is 13.4. The van der Waals surface area contributed by atoms with Crippen LogP contribution in [-0.2, 0) is 4.79 Å². The summed E-state index contributed by atoms with van der Waals surface area (Å²) >= 11 is 7.82. The van der Waals surface area contributed by atoms with Gasteiger partial charge < -0.3 is 19.8 Å². The van der Waals surface area contributed by atoms with E-state index in [-0.39, 0.29) is 17.2 Å². The number of nitrogens with zero attached hydrogens (tertiary/aromatic N) is 2. The van der Waals surface area contributed by atoms with Crippen molar-refractivity contribution in [2.45, 2.75) is 12.1 Å². The number of aromatic amines is 1. The highest BCUT2D eigenvalue weighted by Gasteiger charge is 2.15. The Morgan fingerprint density at radius 1 is 1.24 bits per heavy atom. The predicted molar refractivity (Wildman–Crippen MR) is 134 cm³/mol. The number of hydrogen-bond acceptors (Lipinski definition) is 8. The first-order valence-corrected chi connectivity index (χ1v) is 12.2. The molecule has 0 aliphatic heterocycles. The molecule has 1 amide bonds. The van der Waals surface area contributed by atoms with Gasteiger partial charge >= 0.3 is 0 Å². The number of benzene rings is 2. The van der Waals surface area contributed by atoms with Crippen LogP contribution in [0.2, 0.25) is 0 Å². The number of nitrogens with one attached hydrogen (secondary N) is 2. The van der Waals surface area contributed by atoms with Gasteiger partial charge in [-0.1, -0.05) is 35.2 Å². The van der Waals surface area contributed by atoms with Crippen molar-refractivity contribution in [2.24, 2.45) is 0 Å². The van der Waals surface area contributed by atoms with Crippen LogP contribution in [0.3, 0.4) is 0 Å². The van der Waals surface area contributed by atoms with Crippen LogP contribution in [0.15, 0.2) is 58.5 Å². The van der Waals surface area contributed by atoms with Crippen molar-refractivity contribution in [1.29, 1.82) is 0 Å². The SMILES string of the molecule is CCOc1ccc(-n2c(=S)sc3c(=O)[nH]c(SCC(=O)Nc4ccccc4OC)nc32)cc1. The highest BCUT2D eigenvalue weighted by Crippen LogP contribution is 2.27. The Bertz CT molecular complexity index is 1410. The molecule has 0 fully saturated rings. The van der Waals surface area contributed by atoms with Gasteiger partial charge in [-0.2, -0.15) is 0 Å². The van der Waals surface area contributed by atoms with E-state index in [4.69, 9.17) is 21.7 Å². The number of rotatable bonds is 8. The van der Waals surface area contributed by atoms with E-state index >= 15 is 0 Å². The Balaban J connectivity index is 1.58. The molecule has 0 atom stereocenters. The van der Waals surface area contributed by atoms with Gasteiger partial charge in [0, 0.05) is 5.69 Å². The Morgan fingerprint density at radius 3 is 2.73 bits per heavy atom. The highest BCUT2D eigenvalue weighted by molar-refractivity contribution is 7.99. The van der Waals surface area contributed by atoms with Crippen molar-refractivity contribution in [2.75, 3.05) is 24.8 Å². The number of methoxy groups -OCH3 is 1. The second-order valence-corrected chi connectivity index (χ2v) is 9.30. The van der Waals surface area contributed by atoms with Gasteiger partial charge in [-0.15, -0.1) is 0 Å². The maximum Gasteiger partial charge on any atom is 0.271 e. The fraction of sp³-hybridized carbons (Fsp3) is 0.182. The summed E-state index contributed by atoms with van der Waals surface area (Å²) in [4.78, 5) is 32.4. The summed E-state index contributed by atoms with van der Waals surface area (Å²) in [5.41, 5.74) is 1.50. The third-order valence-electron chi connectivity index (χ3n) is 4.55. The van der Waals surface area contributed by atoms with Gasteiger partial charge in [0.05, 0.1) is 25.2 Å². The summed E-state index contributed by atoms with van der Waals surface area (Å²) in [5, 5.41) is 3.13. The molecule has 0 bridgehead atoms. The van der Waals surface area contributed by atoms with E-state index in [2.05, 4.69) is 15.3 Å². The van der Waals surface area contributed by atoms with E-state index in [9.17, 15) is 9.59 Å². The smallest absolute Gasteiger partial charge is 0.271 e. The summed E-state index contributed by atoms with van der Waals surface area (Å²) in [5.74, 6) is 1.12.